The summed E-state index contributed by atoms with van der Waals surface area (Å²) < 4.78 is 39.0. The normalized spacial score (nSPS) is 18.5. The van der Waals surface area contributed by atoms with Crippen LogP contribution in [-0.2, 0) is 14.1 Å². The number of hydrogen-bond acceptors (Lipinski definition) is 4. The lowest BCUT2D eigenvalue weighted by atomic mass is 9.76. The number of benzene rings is 1. The minimum absolute atomic E-state index is 0.0271. The van der Waals surface area contributed by atoms with Crippen molar-refractivity contribution in [2.24, 2.45) is 0 Å². The molecule has 1 amide bonds. The maximum atomic E-state index is 13.6. The molecule has 2 rings (SSSR count). The third-order valence-electron chi connectivity index (χ3n) is 4.65. The zero-order chi connectivity index (χ0) is 19.7. The lowest BCUT2D eigenvalue weighted by Crippen LogP contribution is -2.41. The maximum absolute atomic E-state index is 13.6. The van der Waals surface area contributed by atoms with Crippen LogP contribution in [0.5, 0.6) is 0 Å². The van der Waals surface area contributed by atoms with Gasteiger partial charge in [0.25, 0.3) is 0 Å². The molecule has 26 heavy (non-hydrogen) atoms. The van der Waals surface area contributed by atoms with Crippen LogP contribution in [0.4, 0.5) is 8.78 Å². The highest BCUT2D eigenvalue weighted by molar-refractivity contribution is 6.56. The second kappa shape index (κ2) is 7.18. The van der Waals surface area contributed by atoms with E-state index in [0.717, 1.165) is 12.1 Å². The fourth-order valence-corrected chi connectivity index (χ4v) is 2.40. The molecule has 0 bridgehead atoms. The summed E-state index contributed by atoms with van der Waals surface area (Å²) in [5.41, 5.74) is -0.582. The fourth-order valence-electron chi connectivity index (χ4n) is 2.40. The van der Waals surface area contributed by atoms with Gasteiger partial charge < -0.3 is 14.6 Å². The van der Waals surface area contributed by atoms with E-state index in [1.165, 1.54) is 13.0 Å². The molecule has 1 aliphatic heterocycles. The third kappa shape index (κ3) is 4.11. The van der Waals surface area contributed by atoms with Crippen molar-refractivity contribution in [3.63, 3.8) is 0 Å². The quantitative estimate of drug-likeness (QED) is 0.836. The maximum Gasteiger partial charge on any atom is 0.492 e. The fraction of sp³-hybridized carbons (Fsp3) is 0.444. The number of amides is 1. The first-order valence-electron chi connectivity index (χ1n) is 8.16. The van der Waals surface area contributed by atoms with E-state index in [9.17, 15) is 18.8 Å². The smallest absolute Gasteiger partial charge is 0.400 e. The number of rotatable bonds is 4. The first kappa shape index (κ1) is 20.1. The highest BCUT2D eigenvalue weighted by Crippen LogP contribution is 2.38. The third-order valence-corrected chi connectivity index (χ3v) is 4.65. The van der Waals surface area contributed by atoms with Crippen molar-refractivity contribution < 1.29 is 22.9 Å². The van der Waals surface area contributed by atoms with Gasteiger partial charge in [0.15, 0.2) is 11.6 Å². The van der Waals surface area contributed by atoms with Gasteiger partial charge in [-0.05, 0) is 50.9 Å². The lowest BCUT2D eigenvalue weighted by Gasteiger charge is -2.32. The van der Waals surface area contributed by atoms with Crippen LogP contribution in [0.25, 0.3) is 6.08 Å². The van der Waals surface area contributed by atoms with Crippen LogP contribution in [0.2, 0.25) is 0 Å². The summed E-state index contributed by atoms with van der Waals surface area (Å²) in [4.78, 5) is 11.3. The molecule has 1 fully saturated rings. The number of nitrogens with one attached hydrogen (secondary N) is 1. The Hall–Kier alpha value is -2.24. The average Bonchev–Trinajstić information content (AvgIpc) is 2.74. The molecule has 1 N–H and O–H groups in total. The molecule has 0 unspecified atom stereocenters. The standard InChI is InChI=1S/C18H21BF2N2O3/c1-11(24)23-10-14(19-25-17(2,3)18(4,5)26-19)6-12-7-15(20)16(21)8-13(12)9-22/h6-8H,10H2,1-5H3,(H,23,24). The van der Waals surface area contributed by atoms with Gasteiger partial charge in [0.2, 0.25) is 5.91 Å². The average molecular weight is 362 g/mol. The Bertz CT molecular complexity index is 784. The number of halogens is 2. The Labute approximate surface area is 152 Å². The summed E-state index contributed by atoms with van der Waals surface area (Å²) in [5.74, 6) is -2.43. The molecule has 138 valence electrons. The summed E-state index contributed by atoms with van der Waals surface area (Å²) >= 11 is 0. The van der Waals surface area contributed by atoms with E-state index in [-0.39, 0.29) is 23.6 Å². The van der Waals surface area contributed by atoms with Crippen LogP contribution in [0, 0.1) is 23.0 Å². The molecule has 0 saturated carbocycles. The summed E-state index contributed by atoms with van der Waals surface area (Å²) in [6.07, 6.45) is 1.49. The van der Waals surface area contributed by atoms with E-state index in [1.54, 1.807) is 0 Å². The molecule has 8 heteroatoms. The molecule has 0 atom stereocenters. The number of carbonyl (C=O) groups excluding carboxylic acids is 1. The number of hydrogen-bond donors (Lipinski definition) is 1. The molecular formula is C18H21BF2N2O3. The molecule has 1 saturated heterocycles. The Balaban J connectivity index is 2.47. The van der Waals surface area contributed by atoms with Crippen LogP contribution in [0.1, 0.15) is 45.7 Å². The number of nitrogens with zero attached hydrogens (tertiary/aromatic N) is 1. The highest BCUT2D eigenvalue weighted by atomic mass is 19.2. The van der Waals surface area contributed by atoms with E-state index >= 15 is 0 Å². The second-order valence-corrected chi connectivity index (χ2v) is 7.18. The lowest BCUT2D eigenvalue weighted by molar-refractivity contribution is -0.118. The topological polar surface area (TPSA) is 71.4 Å². The number of carbonyl (C=O) groups is 1. The number of nitriles is 1. The van der Waals surface area contributed by atoms with Crippen molar-refractivity contribution in [3.05, 3.63) is 40.4 Å². The van der Waals surface area contributed by atoms with Crippen LogP contribution in [-0.4, -0.2) is 30.8 Å². The van der Waals surface area contributed by atoms with Gasteiger partial charge in [0.05, 0.1) is 22.8 Å². The molecule has 0 radical (unpaired) electrons. The molecule has 0 spiro atoms. The first-order valence-corrected chi connectivity index (χ1v) is 8.16. The van der Waals surface area contributed by atoms with Gasteiger partial charge in [-0.25, -0.2) is 8.78 Å². The van der Waals surface area contributed by atoms with Crippen LogP contribution in [0.15, 0.2) is 17.6 Å². The molecule has 1 aliphatic rings. The van der Waals surface area contributed by atoms with Gasteiger partial charge in [0, 0.05) is 13.5 Å². The minimum Gasteiger partial charge on any atom is -0.400 e. The van der Waals surface area contributed by atoms with E-state index in [0.29, 0.717) is 5.47 Å². The SMILES string of the molecule is CC(=O)NCC(=Cc1cc(F)c(F)cc1C#N)B1OC(C)(C)C(C)(C)O1. The van der Waals surface area contributed by atoms with Gasteiger partial charge in [0.1, 0.15) is 0 Å². The highest BCUT2D eigenvalue weighted by Gasteiger charge is 2.52. The monoisotopic (exact) mass is 362 g/mol. The van der Waals surface area contributed by atoms with Crippen molar-refractivity contribution >= 4 is 19.1 Å². The molecule has 1 aromatic rings. The molecule has 5 nitrogen and oxygen atoms in total. The minimum atomic E-state index is -1.10. The van der Waals surface area contributed by atoms with Crippen molar-refractivity contribution in [1.29, 1.82) is 5.26 Å². The van der Waals surface area contributed by atoms with Crippen LogP contribution < -0.4 is 5.32 Å². The summed E-state index contributed by atoms with van der Waals surface area (Å²) in [7, 11) is -0.800. The van der Waals surface area contributed by atoms with Gasteiger partial charge in [-0.3, -0.25) is 4.79 Å². The van der Waals surface area contributed by atoms with E-state index in [4.69, 9.17) is 9.31 Å². The van der Waals surface area contributed by atoms with Crippen molar-refractivity contribution in [2.75, 3.05) is 6.54 Å². The van der Waals surface area contributed by atoms with Crippen LogP contribution >= 0.6 is 0 Å². The Morgan fingerprint density at radius 3 is 2.27 bits per heavy atom. The summed E-state index contributed by atoms with van der Waals surface area (Å²) in [6, 6.07) is 3.61. The molecule has 1 aromatic carbocycles. The summed E-state index contributed by atoms with van der Waals surface area (Å²) in [6.45, 7) is 8.95. The molecular weight excluding hydrogens is 341 g/mol. The van der Waals surface area contributed by atoms with E-state index in [1.807, 2.05) is 33.8 Å². The predicted octanol–water partition coefficient (Wildman–Crippen LogP) is 2.99. The van der Waals surface area contributed by atoms with Crippen LogP contribution in [0.3, 0.4) is 0 Å². The molecule has 0 aromatic heterocycles. The van der Waals surface area contributed by atoms with Gasteiger partial charge in [-0.1, -0.05) is 6.08 Å². The van der Waals surface area contributed by atoms with E-state index < -0.39 is 30.0 Å². The van der Waals surface area contributed by atoms with Crippen molar-refractivity contribution in [3.8, 4) is 6.07 Å². The Morgan fingerprint density at radius 1 is 1.23 bits per heavy atom. The predicted molar refractivity (Wildman–Crippen MR) is 93.8 cm³/mol. The van der Waals surface area contributed by atoms with Crippen molar-refractivity contribution in [1.82, 2.24) is 5.32 Å². The van der Waals surface area contributed by atoms with E-state index in [2.05, 4.69) is 5.32 Å². The van der Waals surface area contributed by atoms with Gasteiger partial charge >= 0.3 is 7.12 Å². The van der Waals surface area contributed by atoms with Gasteiger partial charge in [-0.15, -0.1) is 0 Å². The van der Waals surface area contributed by atoms with Crippen molar-refractivity contribution in [2.45, 2.75) is 45.8 Å². The second-order valence-electron chi connectivity index (χ2n) is 7.18. The van der Waals surface area contributed by atoms with Gasteiger partial charge in [-0.2, -0.15) is 5.26 Å². The zero-order valence-electron chi connectivity index (χ0n) is 15.4. The largest absolute Gasteiger partial charge is 0.492 e. The molecule has 0 aliphatic carbocycles. The first-order chi connectivity index (χ1) is 12.0. The Kier molecular flexibility index (Phi) is 5.54. The zero-order valence-corrected chi connectivity index (χ0v) is 15.4. The molecule has 1 heterocycles. The summed E-state index contributed by atoms with van der Waals surface area (Å²) in [5, 5.41) is 11.8. The Morgan fingerprint density at radius 2 is 1.77 bits per heavy atom.